The van der Waals surface area contributed by atoms with Gasteiger partial charge in [0.2, 0.25) is 0 Å². The summed E-state index contributed by atoms with van der Waals surface area (Å²) >= 11 is 0. The molecular weight excluding hydrogens is 547 g/mol. The van der Waals surface area contributed by atoms with E-state index in [2.05, 4.69) is 15.2 Å². The molecule has 1 aromatic carbocycles. The van der Waals surface area contributed by atoms with Crippen LogP contribution in [0, 0.1) is 5.92 Å². The average molecular weight is 584 g/mol. The summed E-state index contributed by atoms with van der Waals surface area (Å²) in [6, 6.07) is 7.73. The second kappa shape index (κ2) is 12.5. The van der Waals surface area contributed by atoms with E-state index in [-0.39, 0.29) is 48.1 Å². The molecule has 0 spiro atoms. The smallest absolute Gasteiger partial charge is 0.382 e. The summed E-state index contributed by atoms with van der Waals surface area (Å²) in [5.74, 6) is -0.342. The number of benzene rings is 1. The van der Waals surface area contributed by atoms with Gasteiger partial charge in [-0.2, -0.15) is 13.2 Å². The van der Waals surface area contributed by atoms with Crippen LogP contribution in [0.1, 0.15) is 72.4 Å². The normalized spacial score (nSPS) is 22.6. The van der Waals surface area contributed by atoms with E-state index in [0.717, 1.165) is 17.7 Å². The van der Waals surface area contributed by atoms with E-state index in [1.165, 1.54) is 19.2 Å². The van der Waals surface area contributed by atoms with E-state index in [1.807, 2.05) is 13.0 Å². The van der Waals surface area contributed by atoms with E-state index in [4.69, 9.17) is 9.47 Å². The Hall–Kier alpha value is -2.54. The third-order valence-corrected chi connectivity index (χ3v) is 9.42. The van der Waals surface area contributed by atoms with Crippen molar-refractivity contribution in [2.75, 3.05) is 32.6 Å². The summed E-state index contributed by atoms with van der Waals surface area (Å²) in [5, 5.41) is 2.96. The molecule has 0 radical (unpaired) electrons. The van der Waals surface area contributed by atoms with Gasteiger partial charge in [-0.15, -0.1) is 0 Å². The van der Waals surface area contributed by atoms with Crippen molar-refractivity contribution in [3.8, 4) is 0 Å². The number of rotatable bonds is 10. The number of ether oxygens (including phenoxy) is 2. The van der Waals surface area contributed by atoms with Crippen LogP contribution in [0.5, 0.6) is 0 Å². The molecule has 2 aliphatic heterocycles. The molecule has 0 bridgehead atoms. The van der Waals surface area contributed by atoms with Crippen molar-refractivity contribution < 1.29 is 35.9 Å². The maximum atomic E-state index is 13.2. The van der Waals surface area contributed by atoms with Gasteiger partial charge in [0.05, 0.1) is 47.2 Å². The van der Waals surface area contributed by atoms with E-state index in [9.17, 15) is 26.4 Å². The number of nitrogens with zero attached hydrogens (tertiary/aromatic N) is 2. The van der Waals surface area contributed by atoms with Crippen LogP contribution in [0.2, 0.25) is 0 Å². The lowest BCUT2D eigenvalue weighted by atomic mass is 9.97. The van der Waals surface area contributed by atoms with Crippen LogP contribution in [-0.4, -0.2) is 69.1 Å². The first kappa shape index (κ1) is 30.4. The fourth-order valence-electron chi connectivity index (χ4n) is 5.46. The summed E-state index contributed by atoms with van der Waals surface area (Å²) in [7, 11) is -1.82. The number of nitrogens with one attached hydrogen (secondary N) is 1. The summed E-state index contributed by atoms with van der Waals surface area (Å²) in [6.07, 6.45) is -3.28. The second-order valence-corrected chi connectivity index (χ2v) is 12.7. The Morgan fingerprint density at radius 3 is 2.52 bits per heavy atom. The highest BCUT2D eigenvalue weighted by Crippen LogP contribution is 2.38. The van der Waals surface area contributed by atoms with Crippen LogP contribution >= 0.6 is 0 Å². The molecule has 1 fully saturated rings. The SMILES string of the molecule is CC[C@H]1c2ncc(C(=O)N[C@@H](COC)c3ccc(S(=O)(=O)CC)cc3)cc2CN1C[C@@H]1CC[C@H](C(F)(F)F)OC1. The first-order chi connectivity index (χ1) is 19.0. The minimum Gasteiger partial charge on any atom is -0.382 e. The van der Waals surface area contributed by atoms with Gasteiger partial charge < -0.3 is 14.8 Å². The number of carbonyl (C=O) groups is 1. The van der Waals surface area contributed by atoms with Crippen LogP contribution in [0.4, 0.5) is 13.2 Å². The Kier molecular flexibility index (Phi) is 9.54. The molecule has 4 rings (SSSR count). The number of halogens is 3. The number of aromatic nitrogens is 1. The molecule has 1 saturated heterocycles. The molecule has 4 atom stereocenters. The maximum Gasteiger partial charge on any atom is 0.414 e. The lowest BCUT2D eigenvalue weighted by molar-refractivity contribution is -0.236. The number of fused-ring (bicyclic) bond motifs is 1. The Morgan fingerprint density at radius 1 is 1.23 bits per heavy atom. The van der Waals surface area contributed by atoms with Crippen molar-refractivity contribution in [2.24, 2.45) is 5.92 Å². The van der Waals surface area contributed by atoms with Crippen molar-refractivity contribution in [3.63, 3.8) is 0 Å². The van der Waals surface area contributed by atoms with Crippen molar-refractivity contribution in [1.29, 1.82) is 0 Å². The fraction of sp³-hybridized carbons (Fsp3) is 0.571. The highest BCUT2D eigenvalue weighted by Gasteiger charge is 2.43. The van der Waals surface area contributed by atoms with E-state index in [1.54, 1.807) is 25.3 Å². The lowest BCUT2D eigenvalue weighted by Crippen LogP contribution is -2.40. The van der Waals surface area contributed by atoms with Gasteiger partial charge in [0.25, 0.3) is 5.91 Å². The predicted octanol–water partition coefficient (Wildman–Crippen LogP) is 4.62. The number of carbonyl (C=O) groups excluding carboxylic acids is 1. The van der Waals surface area contributed by atoms with Crippen molar-refractivity contribution in [2.45, 2.75) is 68.9 Å². The number of sulfone groups is 1. The van der Waals surface area contributed by atoms with Crippen molar-refractivity contribution >= 4 is 15.7 Å². The maximum absolute atomic E-state index is 13.2. The van der Waals surface area contributed by atoms with E-state index < -0.39 is 28.2 Å². The quantitative estimate of drug-likeness (QED) is 0.436. The number of methoxy groups -OCH3 is 1. The zero-order valence-corrected chi connectivity index (χ0v) is 23.7. The first-order valence-corrected chi connectivity index (χ1v) is 15.2. The predicted molar refractivity (Wildman–Crippen MR) is 142 cm³/mol. The molecule has 40 heavy (non-hydrogen) atoms. The van der Waals surface area contributed by atoms with Gasteiger partial charge >= 0.3 is 6.18 Å². The summed E-state index contributed by atoms with van der Waals surface area (Å²) in [4.78, 5) is 20.3. The molecule has 1 aromatic heterocycles. The van der Waals surface area contributed by atoms with Crippen molar-refractivity contribution in [1.82, 2.24) is 15.2 Å². The Bertz CT molecular complexity index is 1280. The summed E-state index contributed by atoms with van der Waals surface area (Å²) in [5.41, 5.74) is 2.89. The zero-order valence-electron chi connectivity index (χ0n) is 22.9. The highest BCUT2D eigenvalue weighted by molar-refractivity contribution is 7.91. The molecule has 1 N–H and O–H groups in total. The fourth-order valence-corrected chi connectivity index (χ4v) is 6.34. The van der Waals surface area contributed by atoms with Gasteiger partial charge in [-0.25, -0.2) is 8.42 Å². The van der Waals surface area contributed by atoms with Gasteiger partial charge in [0.15, 0.2) is 15.9 Å². The number of hydrogen-bond acceptors (Lipinski definition) is 7. The topological polar surface area (TPSA) is 97.8 Å². The van der Waals surface area contributed by atoms with Gasteiger partial charge in [-0.05, 0) is 54.5 Å². The molecular formula is C28H36F3N3O5S. The highest BCUT2D eigenvalue weighted by atomic mass is 32.2. The molecule has 2 aliphatic rings. The molecule has 1 amide bonds. The molecule has 2 aromatic rings. The van der Waals surface area contributed by atoms with Gasteiger partial charge in [-0.3, -0.25) is 14.7 Å². The molecule has 12 heteroatoms. The average Bonchev–Trinajstić information content (AvgIpc) is 3.28. The number of alkyl halides is 3. The standard InChI is InChI=1S/C28H36F3N3O5S/c1-4-24-26-21(15-34(24)14-18-6-11-25(39-16-18)28(29,30)31)12-20(13-32-26)27(35)33-23(17-38-3)19-7-9-22(10-8-19)40(36,37)5-2/h7-10,12-13,18,23-25H,4-6,11,14-17H2,1-3H3,(H,33,35)/t18-,23-,24-,25+/m0/s1. The van der Waals surface area contributed by atoms with Crippen LogP contribution in [0.3, 0.4) is 0 Å². The molecule has 0 aliphatic carbocycles. The number of pyridine rings is 1. The summed E-state index contributed by atoms with van der Waals surface area (Å²) in [6.45, 7) is 5.03. The van der Waals surface area contributed by atoms with Gasteiger partial charge in [0.1, 0.15) is 0 Å². The van der Waals surface area contributed by atoms with Crippen LogP contribution in [0.25, 0.3) is 0 Å². The third-order valence-electron chi connectivity index (χ3n) is 7.67. The molecule has 0 saturated carbocycles. The monoisotopic (exact) mass is 583 g/mol. The Morgan fingerprint density at radius 2 is 1.95 bits per heavy atom. The van der Waals surface area contributed by atoms with Gasteiger partial charge in [-0.1, -0.05) is 26.0 Å². The lowest BCUT2D eigenvalue weighted by Gasteiger charge is -2.34. The zero-order chi connectivity index (χ0) is 29.1. The van der Waals surface area contributed by atoms with Crippen LogP contribution < -0.4 is 5.32 Å². The van der Waals surface area contributed by atoms with Gasteiger partial charge in [0, 0.05) is 26.4 Å². The van der Waals surface area contributed by atoms with E-state index in [0.29, 0.717) is 30.6 Å². The van der Waals surface area contributed by atoms with E-state index >= 15 is 0 Å². The summed E-state index contributed by atoms with van der Waals surface area (Å²) < 4.78 is 73.6. The Labute approximate surface area is 233 Å². The van der Waals surface area contributed by atoms with Crippen LogP contribution in [-0.2, 0) is 25.9 Å². The number of amides is 1. The first-order valence-electron chi connectivity index (χ1n) is 13.5. The second-order valence-electron chi connectivity index (χ2n) is 10.4. The molecule has 3 heterocycles. The molecule has 220 valence electrons. The largest absolute Gasteiger partial charge is 0.414 e. The molecule has 8 nitrogen and oxygen atoms in total. The Balaban J connectivity index is 1.43. The minimum atomic E-state index is -4.33. The van der Waals surface area contributed by atoms with Crippen molar-refractivity contribution in [3.05, 3.63) is 58.9 Å². The minimum absolute atomic E-state index is 0.000808. The third kappa shape index (κ3) is 6.84. The number of hydrogen-bond donors (Lipinski definition) is 1. The molecule has 0 unspecified atom stereocenters. The van der Waals surface area contributed by atoms with Crippen LogP contribution in [0.15, 0.2) is 41.4 Å².